The average Bonchev–Trinajstić information content (AvgIpc) is 2.39. The number of carbonyl (C=O) groups is 2. The van der Waals surface area contributed by atoms with Gasteiger partial charge in [-0.1, -0.05) is 0 Å². The van der Waals surface area contributed by atoms with E-state index in [4.69, 9.17) is 0 Å². The van der Waals surface area contributed by atoms with Crippen LogP contribution in [0.1, 0.15) is 23.7 Å². The molecule has 0 bridgehead atoms. The van der Waals surface area contributed by atoms with Crippen LogP contribution in [0.5, 0.6) is 0 Å². The summed E-state index contributed by atoms with van der Waals surface area (Å²) in [5.41, 5.74) is 1.22. The van der Waals surface area contributed by atoms with Crippen LogP contribution in [0.2, 0.25) is 0 Å². The number of nitrogens with zero attached hydrogens (tertiary/aromatic N) is 1. The summed E-state index contributed by atoms with van der Waals surface area (Å²) in [4.78, 5) is 26.8. The van der Waals surface area contributed by atoms with Gasteiger partial charge in [-0.3, -0.25) is 14.6 Å². The van der Waals surface area contributed by atoms with E-state index in [2.05, 4.69) is 20.9 Å². The second-order valence-electron chi connectivity index (χ2n) is 3.63. The Morgan fingerprint density at radius 3 is 2.83 bits per heavy atom. The number of pyridine rings is 1. The highest BCUT2D eigenvalue weighted by molar-refractivity contribution is 5.99. The van der Waals surface area contributed by atoms with E-state index < -0.39 is 0 Å². The molecule has 0 fully saturated rings. The molecule has 0 saturated heterocycles. The molecular weight excluding hydrogens is 232 g/mol. The lowest BCUT2D eigenvalue weighted by Crippen LogP contribution is -2.29. The molecule has 0 aliphatic carbocycles. The number of hydrogen-bond acceptors (Lipinski definition) is 4. The average molecular weight is 250 g/mol. The van der Waals surface area contributed by atoms with Crippen molar-refractivity contribution < 1.29 is 9.59 Å². The summed E-state index contributed by atoms with van der Waals surface area (Å²) >= 11 is 0. The number of carbonyl (C=O) groups excluding carboxylic acids is 2. The van der Waals surface area contributed by atoms with Crippen molar-refractivity contribution in [2.24, 2.45) is 0 Å². The molecule has 18 heavy (non-hydrogen) atoms. The van der Waals surface area contributed by atoms with Crippen molar-refractivity contribution in [2.75, 3.05) is 25.5 Å². The summed E-state index contributed by atoms with van der Waals surface area (Å²) < 4.78 is 0. The highest BCUT2D eigenvalue weighted by Gasteiger charge is 2.10. The van der Waals surface area contributed by atoms with Crippen LogP contribution >= 0.6 is 0 Å². The van der Waals surface area contributed by atoms with Crippen LogP contribution in [0.4, 0.5) is 5.69 Å². The minimum Gasteiger partial charge on any atom is -0.385 e. The third-order valence-corrected chi connectivity index (χ3v) is 2.35. The maximum atomic E-state index is 11.9. The van der Waals surface area contributed by atoms with Crippen molar-refractivity contribution in [1.82, 2.24) is 15.6 Å². The molecule has 98 valence electrons. The van der Waals surface area contributed by atoms with E-state index in [1.807, 2.05) is 6.92 Å². The SMILES string of the molecule is CCNc1ccncc1C(=O)NCCC(=O)NC. The van der Waals surface area contributed by atoms with Crippen molar-refractivity contribution in [2.45, 2.75) is 13.3 Å². The van der Waals surface area contributed by atoms with Crippen LogP contribution in [0.15, 0.2) is 18.5 Å². The highest BCUT2D eigenvalue weighted by atomic mass is 16.2. The third-order valence-electron chi connectivity index (χ3n) is 2.35. The van der Waals surface area contributed by atoms with E-state index >= 15 is 0 Å². The first-order chi connectivity index (χ1) is 8.69. The van der Waals surface area contributed by atoms with E-state index in [0.29, 0.717) is 12.1 Å². The van der Waals surface area contributed by atoms with E-state index in [1.54, 1.807) is 19.3 Å². The van der Waals surface area contributed by atoms with Gasteiger partial charge < -0.3 is 16.0 Å². The van der Waals surface area contributed by atoms with E-state index in [1.165, 1.54) is 6.20 Å². The second-order valence-corrected chi connectivity index (χ2v) is 3.63. The first-order valence-corrected chi connectivity index (χ1v) is 5.85. The zero-order valence-corrected chi connectivity index (χ0v) is 10.6. The molecule has 1 aromatic heterocycles. The number of hydrogen-bond donors (Lipinski definition) is 3. The first kappa shape index (κ1) is 14.0. The summed E-state index contributed by atoms with van der Waals surface area (Å²) in [6.07, 6.45) is 3.39. The van der Waals surface area contributed by atoms with Crippen LogP contribution in [0.25, 0.3) is 0 Å². The van der Waals surface area contributed by atoms with E-state index in [0.717, 1.165) is 12.2 Å². The Balaban J connectivity index is 2.58. The molecule has 0 aromatic carbocycles. The second kappa shape index (κ2) is 7.26. The Hall–Kier alpha value is -2.11. The van der Waals surface area contributed by atoms with Crippen molar-refractivity contribution in [3.8, 4) is 0 Å². The maximum Gasteiger partial charge on any atom is 0.254 e. The zero-order chi connectivity index (χ0) is 13.4. The summed E-state index contributed by atoms with van der Waals surface area (Å²) in [6, 6.07) is 1.75. The lowest BCUT2D eigenvalue weighted by atomic mass is 10.2. The van der Waals surface area contributed by atoms with Gasteiger partial charge in [-0.25, -0.2) is 0 Å². The predicted octanol–water partition coefficient (Wildman–Crippen LogP) is 0.379. The fraction of sp³-hybridized carbons (Fsp3) is 0.417. The molecule has 3 N–H and O–H groups in total. The van der Waals surface area contributed by atoms with Crippen LogP contribution in [0, 0.1) is 0 Å². The molecule has 0 radical (unpaired) electrons. The molecule has 0 atom stereocenters. The summed E-state index contributed by atoms with van der Waals surface area (Å²) in [7, 11) is 1.56. The molecule has 6 heteroatoms. The first-order valence-electron chi connectivity index (χ1n) is 5.85. The van der Waals surface area contributed by atoms with Gasteiger partial charge in [0.1, 0.15) is 0 Å². The minimum atomic E-state index is -0.233. The number of aromatic nitrogens is 1. The van der Waals surface area contributed by atoms with Gasteiger partial charge in [0.2, 0.25) is 5.91 Å². The molecule has 1 rings (SSSR count). The van der Waals surface area contributed by atoms with Crippen LogP contribution in [-0.2, 0) is 4.79 Å². The largest absolute Gasteiger partial charge is 0.385 e. The normalized spacial score (nSPS) is 9.67. The van der Waals surface area contributed by atoms with Crippen molar-refractivity contribution in [1.29, 1.82) is 0 Å². The quantitative estimate of drug-likeness (QED) is 0.681. The summed E-state index contributed by atoms with van der Waals surface area (Å²) in [6.45, 7) is 2.98. The van der Waals surface area contributed by atoms with Gasteiger partial charge in [0.05, 0.1) is 11.3 Å². The van der Waals surface area contributed by atoms with Crippen molar-refractivity contribution in [3.05, 3.63) is 24.0 Å². The van der Waals surface area contributed by atoms with Crippen molar-refractivity contribution in [3.63, 3.8) is 0 Å². The molecule has 2 amide bonds. The Bertz CT molecular complexity index is 420. The lowest BCUT2D eigenvalue weighted by molar-refractivity contribution is -0.120. The molecule has 6 nitrogen and oxygen atoms in total. The number of nitrogens with one attached hydrogen (secondary N) is 3. The maximum absolute atomic E-state index is 11.9. The summed E-state index contributed by atoms with van der Waals surface area (Å²) in [5, 5.41) is 8.27. The molecular formula is C12H18N4O2. The molecule has 0 unspecified atom stereocenters. The van der Waals surface area contributed by atoms with Crippen LogP contribution in [-0.4, -0.2) is 36.9 Å². The zero-order valence-electron chi connectivity index (χ0n) is 10.6. The molecule has 1 heterocycles. The lowest BCUT2D eigenvalue weighted by Gasteiger charge is -2.10. The van der Waals surface area contributed by atoms with Gasteiger partial charge in [0.25, 0.3) is 5.91 Å². The molecule has 0 aliphatic rings. The smallest absolute Gasteiger partial charge is 0.254 e. The number of rotatable bonds is 6. The monoisotopic (exact) mass is 250 g/mol. The van der Waals surface area contributed by atoms with E-state index in [-0.39, 0.29) is 18.2 Å². The Labute approximate surface area is 106 Å². The standard InChI is InChI=1S/C12H18N4O2/c1-3-15-10-4-6-14-8-9(10)12(18)16-7-5-11(17)13-2/h4,6,8H,3,5,7H2,1-2H3,(H,13,17)(H,14,15)(H,16,18). The molecule has 0 spiro atoms. The summed E-state index contributed by atoms with van der Waals surface area (Å²) in [5.74, 6) is -0.337. The number of amides is 2. The fourth-order valence-corrected chi connectivity index (χ4v) is 1.43. The third kappa shape index (κ3) is 4.04. The van der Waals surface area contributed by atoms with Gasteiger partial charge >= 0.3 is 0 Å². The Morgan fingerprint density at radius 1 is 1.39 bits per heavy atom. The van der Waals surface area contributed by atoms with E-state index in [9.17, 15) is 9.59 Å². The highest BCUT2D eigenvalue weighted by Crippen LogP contribution is 2.12. The van der Waals surface area contributed by atoms with Crippen LogP contribution in [0.3, 0.4) is 0 Å². The van der Waals surface area contributed by atoms with Crippen molar-refractivity contribution >= 4 is 17.5 Å². The van der Waals surface area contributed by atoms with Gasteiger partial charge in [-0.2, -0.15) is 0 Å². The van der Waals surface area contributed by atoms with Gasteiger partial charge in [-0.05, 0) is 13.0 Å². The van der Waals surface area contributed by atoms with Crippen LogP contribution < -0.4 is 16.0 Å². The van der Waals surface area contributed by atoms with Gasteiger partial charge in [-0.15, -0.1) is 0 Å². The molecule has 0 aliphatic heterocycles. The molecule has 1 aromatic rings. The fourth-order valence-electron chi connectivity index (χ4n) is 1.43. The number of anilines is 1. The predicted molar refractivity (Wildman–Crippen MR) is 69.4 cm³/mol. The molecule has 0 saturated carbocycles. The van der Waals surface area contributed by atoms with Gasteiger partial charge in [0, 0.05) is 39.0 Å². The van der Waals surface area contributed by atoms with Gasteiger partial charge in [0.15, 0.2) is 0 Å². The topological polar surface area (TPSA) is 83.1 Å². The minimum absolute atomic E-state index is 0.103. The Kier molecular flexibility index (Phi) is 5.63. The Morgan fingerprint density at radius 2 is 2.17 bits per heavy atom.